The number of carbonyl (C=O) groups is 1. The zero-order valence-corrected chi connectivity index (χ0v) is 12.4. The van der Waals surface area contributed by atoms with Gasteiger partial charge in [0.2, 0.25) is 0 Å². The number of urea groups is 1. The Labute approximate surface area is 121 Å². The molecule has 0 unspecified atom stereocenters. The molecular weight excluding hydrogens is 252 g/mol. The van der Waals surface area contributed by atoms with Crippen molar-refractivity contribution in [3.8, 4) is 0 Å². The van der Waals surface area contributed by atoms with Gasteiger partial charge in [-0.05, 0) is 50.3 Å². The summed E-state index contributed by atoms with van der Waals surface area (Å²) in [5, 5.41) is 3.05. The van der Waals surface area contributed by atoms with E-state index in [1.807, 2.05) is 38.1 Å². The van der Waals surface area contributed by atoms with Crippen molar-refractivity contribution in [2.75, 3.05) is 31.2 Å². The van der Waals surface area contributed by atoms with Gasteiger partial charge in [-0.1, -0.05) is 12.1 Å². The van der Waals surface area contributed by atoms with Crippen LogP contribution in [0.4, 0.5) is 10.5 Å². The molecule has 1 N–H and O–H groups in total. The van der Waals surface area contributed by atoms with Crippen molar-refractivity contribution in [1.29, 1.82) is 0 Å². The van der Waals surface area contributed by atoms with E-state index < -0.39 is 0 Å². The Balaban J connectivity index is 1.91. The molecule has 1 heterocycles. The lowest BCUT2D eigenvalue weighted by molar-refractivity contribution is 0.0670. The van der Waals surface area contributed by atoms with Crippen LogP contribution in [-0.4, -0.2) is 32.3 Å². The predicted octanol–water partition coefficient (Wildman–Crippen LogP) is 2.96. The van der Waals surface area contributed by atoms with Gasteiger partial charge in [-0.2, -0.15) is 0 Å². The van der Waals surface area contributed by atoms with Crippen molar-refractivity contribution in [2.24, 2.45) is 5.92 Å². The summed E-state index contributed by atoms with van der Waals surface area (Å²) in [6.45, 7) is 7.08. The Bertz CT molecular complexity index is 442. The van der Waals surface area contributed by atoms with Gasteiger partial charge in [0.1, 0.15) is 0 Å². The van der Waals surface area contributed by atoms with Gasteiger partial charge in [0, 0.05) is 32.0 Å². The Hall–Kier alpha value is -1.55. The van der Waals surface area contributed by atoms with Crippen LogP contribution in [0.1, 0.15) is 25.3 Å². The molecule has 1 aliphatic heterocycles. The van der Waals surface area contributed by atoms with Gasteiger partial charge in [-0.3, -0.25) is 4.90 Å². The summed E-state index contributed by atoms with van der Waals surface area (Å²) >= 11 is 0. The van der Waals surface area contributed by atoms with Gasteiger partial charge in [0.25, 0.3) is 0 Å². The van der Waals surface area contributed by atoms with Gasteiger partial charge in [0.05, 0.1) is 0 Å². The predicted molar refractivity (Wildman–Crippen MR) is 81.1 cm³/mol. The molecule has 0 bridgehead atoms. The molecule has 0 spiro atoms. The molecule has 1 aliphatic rings. The molecule has 110 valence electrons. The Morgan fingerprint density at radius 3 is 2.80 bits per heavy atom. The van der Waals surface area contributed by atoms with E-state index in [0.29, 0.717) is 12.5 Å². The van der Waals surface area contributed by atoms with E-state index in [1.54, 1.807) is 4.90 Å². The first-order chi connectivity index (χ1) is 9.70. The third-order valence-electron chi connectivity index (χ3n) is 3.76. The first-order valence-electron chi connectivity index (χ1n) is 7.40. The van der Waals surface area contributed by atoms with Crippen LogP contribution in [0, 0.1) is 12.8 Å². The molecule has 2 amide bonds. The molecule has 1 fully saturated rings. The van der Waals surface area contributed by atoms with Gasteiger partial charge in [0.15, 0.2) is 0 Å². The lowest BCUT2D eigenvalue weighted by Crippen LogP contribution is -2.42. The van der Waals surface area contributed by atoms with Crippen LogP contribution in [-0.2, 0) is 4.74 Å². The lowest BCUT2D eigenvalue weighted by Gasteiger charge is -2.25. The van der Waals surface area contributed by atoms with E-state index in [1.165, 1.54) is 0 Å². The molecule has 1 aromatic carbocycles. The fourth-order valence-electron chi connectivity index (χ4n) is 2.52. The van der Waals surface area contributed by atoms with Crippen LogP contribution in [0.3, 0.4) is 0 Å². The van der Waals surface area contributed by atoms with Crippen molar-refractivity contribution < 1.29 is 9.53 Å². The van der Waals surface area contributed by atoms with E-state index in [2.05, 4.69) is 5.32 Å². The molecule has 2 rings (SSSR count). The quantitative estimate of drug-likeness (QED) is 0.918. The largest absolute Gasteiger partial charge is 0.381 e. The van der Waals surface area contributed by atoms with Gasteiger partial charge in [-0.15, -0.1) is 0 Å². The molecule has 1 saturated heterocycles. The summed E-state index contributed by atoms with van der Waals surface area (Å²) in [6, 6.07) is 8.03. The molecule has 0 saturated carbocycles. The molecular formula is C16H24N2O2. The Morgan fingerprint density at radius 1 is 1.40 bits per heavy atom. The fraction of sp³-hybridized carbons (Fsp3) is 0.562. The highest BCUT2D eigenvalue weighted by molar-refractivity contribution is 5.91. The number of carbonyl (C=O) groups excluding carboxylic acids is 1. The number of aryl methyl sites for hydroxylation is 1. The monoisotopic (exact) mass is 276 g/mol. The summed E-state index contributed by atoms with van der Waals surface area (Å²) in [4.78, 5) is 14.1. The Kier molecular flexibility index (Phi) is 5.41. The fourth-order valence-corrected chi connectivity index (χ4v) is 2.52. The van der Waals surface area contributed by atoms with E-state index in [9.17, 15) is 4.79 Å². The molecule has 0 atom stereocenters. The number of anilines is 1. The van der Waals surface area contributed by atoms with E-state index in [0.717, 1.165) is 43.9 Å². The molecule has 0 aromatic heterocycles. The second-order valence-electron chi connectivity index (χ2n) is 5.33. The number of nitrogens with zero attached hydrogens (tertiary/aromatic N) is 1. The minimum atomic E-state index is -0.00964. The van der Waals surface area contributed by atoms with Crippen LogP contribution >= 0.6 is 0 Å². The van der Waals surface area contributed by atoms with E-state index in [-0.39, 0.29) is 6.03 Å². The molecule has 0 aliphatic carbocycles. The van der Waals surface area contributed by atoms with Crippen LogP contribution < -0.4 is 10.2 Å². The minimum Gasteiger partial charge on any atom is -0.381 e. The van der Waals surface area contributed by atoms with Crippen molar-refractivity contribution in [3.63, 3.8) is 0 Å². The second kappa shape index (κ2) is 7.29. The summed E-state index contributed by atoms with van der Waals surface area (Å²) < 4.78 is 5.33. The first kappa shape index (κ1) is 14.9. The van der Waals surface area contributed by atoms with Gasteiger partial charge in [-0.25, -0.2) is 4.79 Å². The molecule has 1 aromatic rings. The van der Waals surface area contributed by atoms with Crippen LogP contribution in [0.2, 0.25) is 0 Å². The smallest absolute Gasteiger partial charge is 0.321 e. The van der Waals surface area contributed by atoms with Gasteiger partial charge < -0.3 is 10.1 Å². The summed E-state index contributed by atoms with van der Waals surface area (Å²) in [5.41, 5.74) is 2.12. The van der Waals surface area contributed by atoms with Crippen molar-refractivity contribution >= 4 is 11.7 Å². The van der Waals surface area contributed by atoms with Crippen LogP contribution in [0.15, 0.2) is 24.3 Å². The molecule has 4 heteroatoms. The minimum absolute atomic E-state index is 0.00964. The molecule has 20 heavy (non-hydrogen) atoms. The standard InChI is InChI=1S/C16H24N2O2/c1-3-18(15-6-4-5-13(2)11-15)16(19)17-12-14-7-9-20-10-8-14/h4-6,11,14H,3,7-10,12H2,1-2H3,(H,17,19). The van der Waals surface area contributed by atoms with Crippen LogP contribution in [0.25, 0.3) is 0 Å². The highest BCUT2D eigenvalue weighted by Crippen LogP contribution is 2.17. The third-order valence-corrected chi connectivity index (χ3v) is 3.76. The highest BCUT2D eigenvalue weighted by Gasteiger charge is 2.17. The van der Waals surface area contributed by atoms with Crippen LogP contribution in [0.5, 0.6) is 0 Å². The second-order valence-corrected chi connectivity index (χ2v) is 5.33. The number of amides is 2. The average molecular weight is 276 g/mol. The van der Waals surface area contributed by atoms with Gasteiger partial charge >= 0.3 is 6.03 Å². The zero-order valence-electron chi connectivity index (χ0n) is 12.4. The van der Waals surface area contributed by atoms with Crippen molar-refractivity contribution in [3.05, 3.63) is 29.8 Å². The van der Waals surface area contributed by atoms with Crippen molar-refractivity contribution in [2.45, 2.75) is 26.7 Å². The number of benzene rings is 1. The summed E-state index contributed by atoms with van der Waals surface area (Å²) in [7, 11) is 0. The Morgan fingerprint density at radius 2 is 2.15 bits per heavy atom. The summed E-state index contributed by atoms with van der Waals surface area (Å²) in [5.74, 6) is 0.545. The summed E-state index contributed by atoms with van der Waals surface area (Å²) in [6.07, 6.45) is 2.08. The highest BCUT2D eigenvalue weighted by atomic mass is 16.5. The lowest BCUT2D eigenvalue weighted by atomic mass is 10.0. The topological polar surface area (TPSA) is 41.6 Å². The number of ether oxygens (including phenoxy) is 1. The molecule has 4 nitrogen and oxygen atoms in total. The number of nitrogens with one attached hydrogen (secondary N) is 1. The van der Waals surface area contributed by atoms with Crippen molar-refractivity contribution in [1.82, 2.24) is 5.32 Å². The average Bonchev–Trinajstić information content (AvgIpc) is 2.47. The number of hydrogen-bond donors (Lipinski definition) is 1. The van der Waals surface area contributed by atoms with E-state index in [4.69, 9.17) is 4.74 Å². The SMILES string of the molecule is CCN(C(=O)NCC1CCOCC1)c1cccc(C)c1. The molecule has 0 radical (unpaired) electrons. The maximum Gasteiger partial charge on any atom is 0.321 e. The maximum atomic E-state index is 12.3. The maximum absolute atomic E-state index is 12.3. The number of hydrogen-bond acceptors (Lipinski definition) is 2. The third kappa shape index (κ3) is 3.97. The normalized spacial score (nSPS) is 15.9. The zero-order chi connectivity index (χ0) is 14.4. The first-order valence-corrected chi connectivity index (χ1v) is 7.40. The number of rotatable bonds is 4. The van der Waals surface area contributed by atoms with E-state index >= 15 is 0 Å².